The lowest BCUT2D eigenvalue weighted by Gasteiger charge is -2.32. The number of piperidine rings is 1. The van der Waals surface area contributed by atoms with Crippen LogP contribution in [-0.4, -0.2) is 43.3 Å². The largest absolute Gasteiger partial charge is 0.342 e. The zero-order valence-electron chi connectivity index (χ0n) is 13.4. The summed E-state index contributed by atoms with van der Waals surface area (Å²) in [5.41, 5.74) is 0.459. The number of hydrogen-bond acceptors (Lipinski definition) is 3. The van der Waals surface area contributed by atoms with Crippen LogP contribution in [-0.2, 0) is 4.79 Å². The molecule has 0 spiro atoms. The van der Waals surface area contributed by atoms with Gasteiger partial charge in [0.15, 0.2) is 5.78 Å². The predicted molar refractivity (Wildman–Crippen MR) is 90.4 cm³/mol. The van der Waals surface area contributed by atoms with Crippen LogP contribution in [0, 0.1) is 11.7 Å². The summed E-state index contributed by atoms with van der Waals surface area (Å²) < 4.78 is 12.8. The fourth-order valence-corrected chi connectivity index (χ4v) is 2.91. The Balaban J connectivity index is 0.00000264. The highest BCUT2D eigenvalue weighted by Crippen LogP contribution is 2.17. The summed E-state index contributed by atoms with van der Waals surface area (Å²) >= 11 is 0. The molecular formula is C17H24ClFN2O2. The quantitative estimate of drug-likeness (QED) is 0.809. The van der Waals surface area contributed by atoms with Crippen LogP contribution in [0.4, 0.5) is 4.39 Å². The summed E-state index contributed by atoms with van der Waals surface area (Å²) in [6.45, 7) is 2.46. The van der Waals surface area contributed by atoms with E-state index in [1.807, 2.05) is 11.9 Å². The van der Waals surface area contributed by atoms with Gasteiger partial charge in [0, 0.05) is 31.5 Å². The number of carbonyl (C=O) groups excluding carboxylic acids is 2. The van der Waals surface area contributed by atoms with E-state index in [-0.39, 0.29) is 42.8 Å². The van der Waals surface area contributed by atoms with Crippen LogP contribution in [0.1, 0.15) is 36.0 Å². The Morgan fingerprint density at radius 2 is 1.96 bits per heavy atom. The number of nitrogens with zero attached hydrogens (tertiary/aromatic N) is 1. The number of nitrogens with one attached hydrogen (secondary N) is 1. The van der Waals surface area contributed by atoms with E-state index in [4.69, 9.17) is 0 Å². The minimum atomic E-state index is -0.364. The Labute approximate surface area is 142 Å². The van der Waals surface area contributed by atoms with Gasteiger partial charge in [0.05, 0.1) is 0 Å². The number of carbonyl (C=O) groups is 2. The number of benzene rings is 1. The van der Waals surface area contributed by atoms with Crippen LogP contribution in [0.2, 0.25) is 0 Å². The number of likely N-dealkylation sites (tertiary alicyclic amines) is 1. The highest BCUT2D eigenvalue weighted by Gasteiger charge is 2.23. The molecule has 1 fully saturated rings. The van der Waals surface area contributed by atoms with Crippen molar-refractivity contribution in [2.24, 2.45) is 5.92 Å². The van der Waals surface area contributed by atoms with Gasteiger partial charge in [-0.25, -0.2) is 4.39 Å². The monoisotopic (exact) mass is 342 g/mol. The van der Waals surface area contributed by atoms with Crippen LogP contribution in [0.5, 0.6) is 0 Å². The topological polar surface area (TPSA) is 49.4 Å². The van der Waals surface area contributed by atoms with Gasteiger partial charge in [0.2, 0.25) is 5.91 Å². The Morgan fingerprint density at radius 3 is 2.61 bits per heavy atom. The van der Waals surface area contributed by atoms with Crippen molar-refractivity contribution in [1.82, 2.24) is 10.2 Å². The molecule has 0 saturated carbocycles. The normalized spacial score (nSPS) is 17.5. The van der Waals surface area contributed by atoms with E-state index in [0.717, 1.165) is 32.5 Å². The molecular weight excluding hydrogens is 319 g/mol. The lowest BCUT2D eigenvalue weighted by Crippen LogP contribution is -2.42. The van der Waals surface area contributed by atoms with E-state index in [0.29, 0.717) is 11.5 Å². The van der Waals surface area contributed by atoms with E-state index in [2.05, 4.69) is 5.32 Å². The van der Waals surface area contributed by atoms with Crippen molar-refractivity contribution in [2.45, 2.75) is 25.7 Å². The van der Waals surface area contributed by atoms with Crippen LogP contribution in [0.25, 0.3) is 0 Å². The summed E-state index contributed by atoms with van der Waals surface area (Å²) in [4.78, 5) is 26.1. The molecule has 1 unspecified atom stereocenters. The third-order valence-electron chi connectivity index (χ3n) is 4.10. The van der Waals surface area contributed by atoms with Gasteiger partial charge >= 0.3 is 0 Å². The van der Waals surface area contributed by atoms with E-state index < -0.39 is 0 Å². The minimum absolute atomic E-state index is 0. The molecule has 1 aliphatic heterocycles. The number of ketones is 1. The van der Waals surface area contributed by atoms with E-state index in [1.165, 1.54) is 24.3 Å². The van der Waals surface area contributed by atoms with Crippen LogP contribution in [0.15, 0.2) is 24.3 Å². The number of halogens is 2. The number of amides is 1. The van der Waals surface area contributed by atoms with Crippen LogP contribution >= 0.6 is 12.4 Å². The van der Waals surface area contributed by atoms with Crippen LogP contribution < -0.4 is 5.32 Å². The highest BCUT2D eigenvalue weighted by molar-refractivity contribution is 5.97. The molecule has 4 nitrogen and oxygen atoms in total. The maximum Gasteiger partial charge on any atom is 0.223 e. The Kier molecular flexibility index (Phi) is 8.20. The van der Waals surface area contributed by atoms with Crippen molar-refractivity contribution >= 4 is 24.1 Å². The van der Waals surface area contributed by atoms with Gasteiger partial charge in [-0.05, 0) is 56.6 Å². The summed E-state index contributed by atoms with van der Waals surface area (Å²) in [5.74, 6) is 0.0559. The molecule has 0 aromatic heterocycles. The Hall–Kier alpha value is -1.46. The van der Waals surface area contributed by atoms with Gasteiger partial charge < -0.3 is 10.2 Å². The van der Waals surface area contributed by atoms with Crippen molar-refractivity contribution in [2.75, 3.05) is 26.7 Å². The molecule has 1 aromatic rings. The SMILES string of the molecule is CNCC1CCCN(C(=O)CCC(=O)c2ccc(F)cc2)C1.Cl. The van der Waals surface area contributed by atoms with Crippen molar-refractivity contribution in [3.63, 3.8) is 0 Å². The fourth-order valence-electron chi connectivity index (χ4n) is 2.91. The van der Waals surface area contributed by atoms with Gasteiger partial charge in [-0.1, -0.05) is 0 Å². The fraction of sp³-hybridized carbons (Fsp3) is 0.529. The van der Waals surface area contributed by atoms with Crippen molar-refractivity contribution < 1.29 is 14.0 Å². The molecule has 1 amide bonds. The molecule has 1 atom stereocenters. The van der Waals surface area contributed by atoms with Gasteiger partial charge in [-0.3, -0.25) is 9.59 Å². The summed E-state index contributed by atoms with van der Waals surface area (Å²) in [6.07, 6.45) is 2.56. The van der Waals surface area contributed by atoms with Gasteiger partial charge in [-0.2, -0.15) is 0 Å². The summed E-state index contributed by atoms with van der Waals surface area (Å²) in [7, 11) is 1.92. The number of Topliss-reactive ketones (excluding diaryl/α,β-unsaturated/α-hetero) is 1. The van der Waals surface area contributed by atoms with E-state index in [9.17, 15) is 14.0 Å². The Bertz CT molecular complexity index is 520. The molecule has 1 aromatic carbocycles. The number of rotatable bonds is 6. The molecule has 1 heterocycles. The zero-order valence-corrected chi connectivity index (χ0v) is 14.2. The van der Waals surface area contributed by atoms with Crippen molar-refractivity contribution in [3.05, 3.63) is 35.6 Å². The molecule has 128 valence electrons. The minimum Gasteiger partial charge on any atom is -0.342 e. The van der Waals surface area contributed by atoms with E-state index in [1.54, 1.807) is 0 Å². The third-order valence-corrected chi connectivity index (χ3v) is 4.10. The second-order valence-electron chi connectivity index (χ2n) is 5.84. The molecule has 6 heteroatoms. The van der Waals surface area contributed by atoms with Crippen LogP contribution in [0.3, 0.4) is 0 Å². The molecule has 1 N–H and O–H groups in total. The maximum absolute atomic E-state index is 12.8. The first-order valence-electron chi connectivity index (χ1n) is 7.81. The second-order valence-corrected chi connectivity index (χ2v) is 5.84. The smallest absolute Gasteiger partial charge is 0.223 e. The van der Waals surface area contributed by atoms with Crippen molar-refractivity contribution in [1.29, 1.82) is 0 Å². The molecule has 23 heavy (non-hydrogen) atoms. The molecule has 0 radical (unpaired) electrons. The molecule has 0 bridgehead atoms. The third kappa shape index (κ3) is 5.92. The predicted octanol–water partition coefficient (Wildman–Crippen LogP) is 2.67. The average molecular weight is 343 g/mol. The summed E-state index contributed by atoms with van der Waals surface area (Å²) in [6, 6.07) is 5.46. The first-order valence-corrected chi connectivity index (χ1v) is 7.81. The maximum atomic E-state index is 12.8. The first kappa shape index (κ1) is 19.6. The van der Waals surface area contributed by atoms with Crippen molar-refractivity contribution in [3.8, 4) is 0 Å². The lowest BCUT2D eigenvalue weighted by atomic mass is 9.97. The lowest BCUT2D eigenvalue weighted by molar-refractivity contribution is -0.132. The summed E-state index contributed by atoms with van der Waals surface area (Å²) in [5, 5.41) is 3.15. The second kappa shape index (κ2) is 9.63. The number of hydrogen-bond donors (Lipinski definition) is 1. The molecule has 1 aliphatic rings. The van der Waals surface area contributed by atoms with Gasteiger partial charge in [0.1, 0.15) is 5.82 Å². The zero-order chi connectivity index (χ0) is 15.9. The average Bonchev–Trinajstić information content (AvgIpc) is 2.53. The van der Waals surface area contributed by atoms with Gasteiger partial charge in [0.25, 0.3) is 0 Å². The van der Waals surface area contributed by atoms with Gasteiger partial charge in [-0.15, -0.1) is 12.4 Å². The highest BCUT2D eigenvalue weighted by atomic mass is 35.5. The molecule has 1 saturated heterocycles. The molecule has 0 aliphatic carbocycles. The first-order chi connectivity index (χ1) is 10.6. The molecule has 2 rings (SSSR count). The Morgan fingerprint density at radius 1 is 1.26 bits per heavy atom. The van der Waals surface area contributed by atoms with E-state index >= 15 is 0 Å². The standard InChI is InChI=1S/C17H23FN2O2.ClH/c1-19-11-13-3-2-10-20(12-13)17(22)9-8-16(21)14-4-6-15(18)7-5-14;/h4-7,13,19H,2-3,8-12H2,1H3;1H.